The number of aromatic nitrogens is 1. The van der Waals surface area contributed by atoms with Crippen molar-refractivity contribution in [3.05, 3.63) is 51.5 Å². The van der Waals surface area contributed by atoms with Crippen LogP contribution in [0.2, 0.25) is 0 Å². The minimum absolute atomic E-state index is 0.0582. The van der Waals surface area contributed by atoms with E-state index in [9.17, 15) is 4.79 Å². The zero-order valence-electron chi connectivity index (χ0n) is 11.2. The van der Waals surface area contributed by atoms with Gasteiger partial charge in [-0.2, -0.15) is 0 Å². The van der Waals surface area contributed by atoms with Crippen molar-refractivity contribution >= 4 is 17.1 Å². The second-order valence-electron chi connectivity index (χ2n) is 4.37. The van der Waals surface area contributed by atoms with Gasteiger partial charge in [-0.15, -0.1) is 11.3 Å². The normalized spacial score (nSPS) is 10.6. The highest BCUT2D eigenvalue weighted by Gasteiger charge is 2.11. The molecule has 0 fully saturated rings. The van der Waals surface area contributed by atoms with Gasteiger partial charge in [0.1, 0.15) is 6.61 Å². The molecule has 19 heavy (non-hydrogen) atoms. The van der Waals surface area contributed by atoms with Gasteiger partial charge in [0, 0.05) is 33.6 Å². The molecule has 0 atom stereocenters. The van der Waals surface area contributed by atoms with Crippen molar-refractivity contribution in [2.75, 3.05) is 13.2 Å². The number of aryl methyl sites for hydroxylation is 2. The van der Waals surface area contributed by atoms with Gasteiger partial charge in [-0.05, 0) is 32.0 Å². The Morgan fingerprint density at radius 1 is 1.37 bits per heavy atom. The van der Waals surface area contributed by atoms with E-state index in [1.165, 1.54) is 0 Å². The van der Waals surface area contributed by atoms with Gasteiger partial charge >= 0.3 is 0 Å². The van der Waals surface area contributed by atoms with E-state index in [0.717, 1.165) is 27.4 Å². The number of hydrogen-bond acceptors (Lipinski definition) is 4. The molecule has 0 amide bonds. The van der Waals surface area contributed by atoms with Crippen LogP contribution in [0.1, 0.15) is 25.8 Å². The summed E-state index contributed by atoms with van der Waals surface area (Å²) in [5.74, 6) is 0.0582. The number of pyridine rings is 1. The fraction of sp³-hybridized carbons (Fsp3) is 0.333. The Morgan fingerprint density at radius 3 is 2.84 bits per heavy atom. The van der Waals surface area contributed by atoms with Crippen molar-refractivity contribution in [3.63, 3.8) is 0 Å². The third-order valence-electron chi connectivity index (χ3n) is 2.80. The molecule has 0 aliphatic carbocycles. The summed E-state index contributed by atoms with van der Waals surface area (Å²) in [6, 6.07) is 7.72. The fourth-order valence-corrected chi connectivity index (χ4v) is 2.82. The topological polar surface area (TPSA) is 39.2 Å². The molecule has 0 aromatic carbocycles. The van der Waals surface area contributed by atoms with Crippen molar-refractivity contribution < 1.29 is 9.53 Å². The Kier molecular flexibility index (Phi) is 4.82. The average Bonchev–Trinajstić information content (AvgIpc) is 2.75. The van der Waals surface area contributed by atoms with E-state index in [1.54, 1.807) is 17.5 Å². The average molecular weight is 275 g/mol. The summed E-state index contributed by atoms with van der Waals surface area (Å²) in [6.07, 6.45) is 2.49. The van der Waals surface area contributed by atoms with Crippen molar-refractivity contribution in [2.45, 2.75) is 20.3 Å². The molecule has 0 aliphatic rings. The summed E-state index contributed by atoms with van der Waals surface area (Å²) in [7, 11) is 0. The predicted octanol–water partition coefficient (Wildman–Crippen LogP) is 3.20. The van der Waals surface area contributed by atoms with Gasteiger partial charge in [0.15, 0.2) is 5.78 Å². The van der Waals surface area contributed by atoms with Crippen LogP contribution in [0.3, 0.4) is 0 Å². The minimum atomic E-state index is 0.0582. The molecule has 0 unspecified atom stereocenters. The molecule has 2 aromatic heterocycles. The second kappa shape index (κ2) is 6.59. The van der Waals surface area contributed by atoms with Gasteiger partial charge in [0.05, 0.1) is 6.61 Å². The molecule has 0 N–H and O–H groups in total. The van der Waals surface area contributed by atoms with Crippen LogP contribution in [0, 0.1) is 13.8 Å². The first-order chi connectivity index (χ1) is 9.16. The standard InChI is InChI=1S/C15H17NO2S/c1-11-9-14(12(2)19-11)15(17)10-18-8-6-13-5-3-4-7-16-13/h3-5,7,9H,6,8,10H2,1-2H3. The molecule has 2 heterocycles. The van der Waals surface area contributed by atoms with E-state index in [0.29, 0.717) is 6.61 Å². The summed E-state index contributed by atoms with van der Waals surface area (Å²) in [5.41, 5.74) is 1.78. The monoisotopic (exact) mass is 275 g/mol. The fourth-order valence-electron chi connectivity index (χ4n) is 1.87. The lowest BCUT2D eigenvalue weighted by molar-refractivity contribution is 0.0764. The lowest BCUT2D eigenvalue weighted by atomic mass is 10.2. The number of ketones is 1. The Bertz CT molecular complexity index is 549. The molecule has 0 radical (unpaired) electrons. The third kappa shape index (κ3) is 3.98. The summed E-state index contributed by atoms with van der Waals surface area (Å²) < 4.78 is 5.43. The molecule has 0 bridgehead atoms. The van der Waals surface area contributed by atoms with Crippen LogP contribution in [-0.4, -0.2) is 24.0 Å². The van der Waals surface area contributed by atoms with Crippen LogP contribution in [0.15, 0.2) is 30.5 Å². The minimum Gasteiger partial charge on any atom is -0.373 e. The maximum Gasteiger partial charge on any atom is 0.189 e. The first kappa shape index (κ1) is 13.9. The van der Waals surface area contributed by atoms with E-state index >= 15 is 0 Å². The lowest BCUT2D eigenvalue weighted by Gasteiger charge is -2.03. The van der Waals surface area contributed by atoms with Gasteiger partial charge in [-0.25, -0.2) is 0 Å². The highest BCUT2D eigenvalue weighted by atomic mass is 32.1. The number of carbonyl (C=O) groups is 1. The van der Waals surface area contributed by atoms with E-state index in [1.807, 2.05) is 38.1 Å². The van der Waals surface area contributed by atoms with Crippen molar-refractivity contribution in [2.24, 2.45) is 0 Å². The molecule has 2 aromatic rings. The third-order valence-corrected chi connectivity index (χ3v) is 3.77. The van der Waals surface area contributed by atoms with E-state index < -0.39 is 0 Å². The van der Waals surface area contributed by atoms with Crippen LogP contribution < -0.4 is 0 Å². The van der Waals surface area contributed by atoms with E-state index in [-0.39, 0.29) is 12.4 Å². The maximum absolute atomic E-state index is 12.0. The van der Waals surface area contributed by atoms with Gasteiger partial charge in [0.25, 0.3) is 0 Å². The number of hydrogen-bond donors (Lipinski definition) is 0. The molecule has 0 saturated heterocycles. The Hall–Kier alpha value is -1.52. The smallest absolute Gasteiger partial charge is 0.189 e. The molecule has 0 spiro atoms. The zero-order valence-corrected chi connectivity index (χ0v) is 12.0. The number of Topliss-reactive ketones (excluding diaryl/α,β-unsaturated/α-hetero) is 1. The molecule has 2 rings (SSSR count). The summed E-state index contributed by atoms with van der Waals surface area (Å²) >= 11 is 1.65. The van der Waals surface area contributed by atoms with Crippen molar-refractivity contribution in [3.8, 4) is 0 Å². The van der Waals surface area contributed by atoms with Gasteiger partial charge in [0.2, 0.25) is 0 Å². The van der Waals surface area contributed by atoms with E-state index in [2.05, 4.69) is 4.98 Å². The van der Waals surface area contributed by atoms with Crippen molar-refractivity contribution in [1.82, 2.24) is 4.98 Å². The number of thiophene rings is 1. The molecule has 100 valence electrons. The number of carbonyl (C=O) groups excluding carboxylic acids is 1. The quantitative estimate of drug-likeness (QED) is 0.600. The van der Waals surface area contributed by atoms with Crippen LogP contribution in [0.25, 0.3) is 0 Å². The SMILES string of the molecule is Cc1cc(C(=O)COCCc2ccccn2)c(C)s1. The van der Waals surface area contributed by atoms with Gasteiger partial charge in [-0.3, -0.25) is 9.78 Å². The van der Waals surface area contributed by atoms with Gasteiger partial charge in [-0.1, -0.05) is 6.07 Å². The highest BCUT2D eigenvalue weighted by molar-refractivity contribution is 7.12. The van der Waals surface area contributed by atoms with Crippen LogP contribution in [0.5, 0.6) is 0 Å². The second-order valence-corrected chi connectivity index (χ2v) is 5.83. The molecule has 3 nitrogen and oxygen atoms in total. The predicted molar refractivity (Wildman–Crippen MR) is 76.9 cm³/mol. The summed E-state index contributed by atoms with van der Waals surface area (Å²) in [6.45, 7) is 4.64. The molecular formula is C15H17NO2S. The number of ether oxygens (including phenoxy) is 1. The van der Waals surface area contributed by atoms with Crippen LogP contribution >= 0.6 is 11.3 Å². The highest BCUT2D eigenvalue weighted by Crippen LogP contribution is 2.20. The van der Waals surface area contributed by atoms with Gasteiger partial charge < -0.3 is 4.74 Å². The molecule has 0 saturated carbocycles. The molecular weight excluding hydrogens is 258 g/mol. The first-order valence-corrected chi connectivity index (χ1v) is 7.06. The lowest BCUT2D eigenvalue weighted by Crippen LogP contribution is -2.11. The molecule has 4 heteroatoms. The molecule has 0 aliphatic heterocycles. The zero-order chi connectivity index (χ0) is 13.7. The Morgan fingerprint density at radius 2 is 2.21 bits per heavy atom. The maximum atomic E-state index is 12.0. The van der Waals surface area contributed by atoms with Crippen molar-refractivity contribution in [1.29, 1.82) is 0 Å². The van der Waals surface area contributed by atoms with Crippen LogP contribution in [0.4, 0.5) is 0 Å². The number of rotatable bonds is 6. The largest absolute Gasteiger partial charge is 0.373 e. The van der Waals surface area contributed by atoms with Crippen LogP contribution in [-0.2, 0) is 11.2 Å². The summed E-state index contributed by atoms with van der Waals surface area (Å²) in [5, 5.41) is 0. The Balaban J connectivity index is 1.77. The number of nitrogens with zero attached hydrogens (tertiary/aromatic N) is 1. The summed E-state index contributed by atoms with van der Waals surface area (Å²) in [4.78, 5) is 18.4. The van der Waals surface area contributed by atoms with E-state index in [4.69, 9.17) is 4.74 Å². The Labute approximate surface area is 117 Å². The first-order valence-electron chi connectivity index (χ1n) is 6.24.